The summed E-state index contributed by atoms with van der Waals surface area (Å²) in [5.74, 6) is -0.314. The molecule has 0 aliphatic carbocycles. The van der Waals surface area contributed by atoms with Gasteiger partial charge in [-0.1, -0.05) is 13.0 Å². The molecule has 0 saturated carbocycles. The van der Waals surface area contributed by atoms with E-state index >= 15 is 0 Å². The zero-order valence-corrected chi connectivity index (χ0v) is 21.0. The third-order valence-electron chi connectivity index (χ3n) is 6.39. The van der Waals surface area contributed by atoms with Crippen molar-refractivity contribution in [2.45, 2.75) is 32.1 Å². The second-order valence-electron chi connectivity index (χ2n) is 9.01. The Balaban J connectivity index is 1.48. The number of carbonyl (C=O) groups excluding carboxylic acids is 2. The second-order valence-corrected chi connectivity index (χ2v) is 9.82. The number of fused-ring (bicyclic) bond motifs is 3. The third kappa shape index (κ3) is 4.70. The Morgan fingerprint density at radius 3 is 2.73 bits per heavy atom. The average molecular weight is 576 g/mol. The summed E-state index contributed by atoms with van der Waals surface area (Å²) >= 11 is 3.26. The number of nitrogens with one attached hydrogen (secondary N) is 1. The number of nitrogens with two attached hydrogens (primary N) is 1. The molecule has 2 atom stereocenters. The van der Waals surface area contributed by atoms with Crippen LogP contribution in [0.5, 0.6) is 0 Å². The predicted molar refractivity (Wildman–Crippen MR) is 134 cm³/mol. The largest absolute Gasteiger partial charge is 0.416 e. The van der Waals surface area contributed by atoms with Crippen molar-refractivity contribution in [2.75, 3.05) is 17.6 Å². The van der Waals surface area contributed by atoms with Gasteiger partial charge in [-0.05, 0) is 58.6 Å². The minimum absolute atomic E-state index is 0.00842. The Morgan fingerprint density at radius 2 is 2.00 bits per heavy atom. The molecule has 1 aliphatic heterocycles. The molecule has 0 bridgehead atoms. The molecule has 13 heteroatoms. The zero-order chi connectivity index (χ0) is 26.5. The molecule has 4 heterocycles. The van der Waals surface area contributed by atoms with Gasteiger partial charge in [0.15, 0.2) is 0 Å². The van der Waals surface area contributed by atoms with Crippen LogP contribution < -0.4 is 11.1 Å². The van der Waals surface area contributed by atoms with Gasteiger partial charge in [-0.15, -0.1) is 0 Å². The summed E-state index contributed by atoms with van der Waals surface area (Å²) in [5, 5.41) is 3.18. The fraction of sp³-hybridized carbons (Fsp3) is 0.292. The average Bonchev–Trinajstić information content (AvgIpc) is 3.37. The number of amides is 2. The van der Waals surface area contributed by atoms with Crippen LogP contribution in [0.25, 0.3) is 21.9 Å². The summed E-state index contributed by atoms with van der Waals surface area (Å²) in [4.78, 5) is 40.4. The van der Waals surface area contributed by atoms with Crippen LogP contribution in [0.4, 0.5) is 24.8 Å². The van der Waals surface area contributed by atoms with Gasteiger partial charge in [-0.25, -0.2) is 15.0 Å². The van der Waals surface area contributed by atoms with E-state index < -0.39 is 17.8 Å². The zero-order valence-electron chi connectivity index (χ0n) is 19.5. The van der Waals surface area contributed by atoms with Crippen molar-refractivity contribution in [1.29, 1.82) is 0 Å². The van der Waals surface area contributed by atoms with Gasteiger partial charge in [0.05, 0.1) is 16.5 Å². The molecule has 1 aliphatic rings. The first kappa shape index (κ1) is 24.9. The summed E-state index contributed by atoms with van der Waals surface area (Å²) in [6.07, 6.45) is -2.90. The van der Waals surface area contributed by atoms with Crippen LogP contribution >= 0.6 is 15.9 Å². The molecule has 3 N–H and O–H groups in total. The van der Waals surface area contributed by atoms with Crippen molar-refractivity contribution in [3.63, 3.8) is 0 Å². The van der Waals surface area contributed by atoms with Crippen molar-refractivity contribution in [3.05, 3.63) is 52.9 Å². The van der Waals surface area contributed by atoms with Gasteiger partial charge in [-0.2, -0.15) is 13.2 Å². The van der Waals surface area contributed by atoms with Crippen LogP contribution in [0.3, 0.4) is 0 Å². The quantitative estimate of drug-likeness (QED) is 0.352. The van der Waals surface area contributed by atoms with E-state index in [1.807, 2.05) is 6.92 Å². The normalized spacial score (nSPS) is 18.0. The molecule has 3 aromatic heterocycles. The lowest BCUT2D eigenvalue weighted by Gasteiger charge is -2.24. The number of halogens is 4. The highest BCUT2D eigenvalue weighted by Gasteiger charge is 2.38. The Kier molecular flexibility index (Phi) is 6.26. The van der Waals surface area contributed by atoms with E-state index in [9.17, 15) is 22.8 Å². The molecule has 192 valence electrons. The Morgan fingerprint density at radius 1 is 1.22 bits per heavy atom. The highest BCUT2D eigenvalue weighted by Crippen LogP contribution is 2.37. The smallest absolute Gasteiger partial charge is 0.383 e. The lowest BCUT2D eigenvalue weighted by atomic mass is 10.1. The number of benzene rings is 1. The number of anilines is 2. The van der Waals surface area contributed by atoms with Crippen molar-refractivity contribution < 1.29 is 22.8 Å². The molecule has 0 radical (unpaired) electrons. The Labute approximate surface area is 217 Å². The number of rotatable bonds is 4. The number of aromatic nitrogens is 4. The molecular formula is C24H21BrF3N7O2. The van der Waals surface area contributed by atoms with Crippen LogP contribution in [-0.2, 0) is 22.3 Å². The van der Waals surface area contributed by atoms with Gasteiger partial charge < -0.3 is 20.5 Å². The number of alkyl halides is 3. The fourth-order valence-corrected chi connectivity index (χ4v) is 5.10. The summed E-state index contributed by atoms with van der Waals surface area (Å²) in [6, 6.07) is 7.60. The number of nitrogens with zero attached hydrogens (tertiary/aromatic N) is 5. The Hall–Kier alpha value is -3.74. The minimum Gasteiger partial charge on any atom is -0.383 e. The van der Waals surface area contributed by atoms with Crippen molar-refractivity contribution in [3.8, 4) is 0 Å². The maximum atomic E-state index is 13.5. The van der Waals surface area contributed by atoms with Gasteiger partial charge >= 0.3 is 6.18 Å². The van der Waals surface area contributed by atoms with E-state index in [-0.39, 0.29) is 46.5 Å². The number of likely N-dealkylation sites (tertiary alicyclic amines) is 1. The highest BCUT2D eigenvalue weighted by atomic mass is 79.9. The molecule has 0 spiro atoms. The van der Waals surface area contributed by atoms with Crippen molar-refractivity contribution in [2.24, 2.45) is 5.92 Å². The van der Waals surface area contributed by atoms with E-state index in [0.717, 1.165) is 12.1 Å². The first-order valence-electron chi connectivity index (χ1n) is 11.4. The second kappa shape index (κ2) is 9.29. The molecular weight excluding hydrogens is 555 g/mol. The van der Waals surface area contributed by atoms with Crippen LogP contribution in [0, 0.1) is 5.92 Å². The lowest BCUT2D eigenvalue weighted by molar-refractivity contribution is -0.137. The van der Waals surface area contributed by atoms with Gasteiger partial charge in [-0.3, -0.25) is 9.59 Å². The Bertz CT molecular complexity index is 1540. The number of carbonyl (C=O) groups is 2. The summed E-state index contributed by atoms with van der Waals surface area (Å²) in [5.41, 5.74) is 5.76. The van der Waals surface area contributed by atoms with Crippen LogP contribution in [-0.4, -0.2) is 48.8 Å². The topological polar surface area (TPSA) is 119 Å². The van der Waals surface area contributed by atoms with Crippen LogP contribution in [0.1, 0.15) is 18.9 Å². The maximum Gasteiger partial charge on any atom is 0.416 e. The summed E-state index contributed by atoms with van der Waals surface area (Å²) < 4.78 is 42.3. The van der Waals surface area contributed by atoms with Crippen LogP contribution in [0.2, 0.25) is 0 Å². The van der Waals surface area contributed by atoms with E-state index in [0.29, 0.717) is 28.9 Å². The van der Waals surface area contributed by atoms with Crippen molar-refractivity contribution in [1.82, 2.24) is 24.4 Å². The monoisotopic (exact) mass is 575 g/mol. The molecule has 0 unspecified atom stereocenters. The van der Waals surface area contributed by atoms with Crippen molar-refractivity contribution >= 4 is 61.3 Å². The van der Waals surface area contributed by atoms with Gasteiger partial charge in [0.25, 0.3) is 0 Å². The summed E-state index contributed by atoms with van der Waals surface area (Å²) in [7, 11) is 0. The minimum atomic E-state index is -4.56. The van der Waals surface area contributed by atoms with Gasteiger partial charge in [0.1, 0.15) is 40.8 Å². The molecule has 37 heavy (non-hydrogen) atoms. The van der Waals surface area contributed by atoms with E-state index in [1.54, 1.807) is 18.2 Å². The number of hydrogen-bond acceptors (Lipinski definition) is 6. The SMILES string of the molecule is C[C@H]1C[C@@H](C(=O)Nc2cccc(Br)n2)N(C(=O)Cn2c3ccc(C(F)(F)F)cc3c3c(N)ncnc32)C1. The third-order valence-corrected chi connectivity index (χ3v) is 6.83. The van der Waals surface area contributed by atoms with E-state index in [2.05, 4.69) is 36.2 Å². The van der Waals surface area contributed by atoms with Crippen LogP contribution in [0.15, 0.2) is 47.3 Å². The number of pyridine rings is 1. The molecule has 9 nitrogen and oxygen atoms in total. The molecule has 1 fully saturated rings. The van der Waals surface area contributed by atoms with Gasteiger partial charge in [0.2, 0.25) is 11.8 Å². The molecule has 2 amide bonds. The molecule has 1 aromatic carbocycles. The van der Waals surface area contributed by atoms with Gasteiger partial charge in [0, 0.05) is 11.9 Å². The number of hydrogen-bond donors (Lipinski definition) is 2. The highest BCUT2D eigenvalue weighted by molar-refractivity contribution is 9.10. The molecule has 1 saturated heterocycles. The standard InChI is InChI=1S/C24H21BrF3N7O2/c1-12-7-16(23(37)33-18-4-2-3-17(25)32-18)34(9-12)19(36)10-35-15-6-5-13(24(26,27)28)8-14(15)20-21(29)30-11-31-22(20)35/h2-6,8,11-12,16H,7,9-10H2,1H3,(H2,29,30,31)(H,32,33,37)/t12-,16-/m0/s1. The number of nitrogen functional groups attached to an aromatic ring is 1. The first-order chi connectivity index (χ1) is 17.5. The maximum absolute atomic E-state index is 13.5. The lowest BCUT2D eigenvalue weighted by Crippen LogP contribution is -2.44. The van der Waals surface area contributed by atoms with E-state index in [1.165, 1.54) is 21.9 Å². The predicted octanol–water partition coefficient (Wildman–Crippen LogP) is 4.22. The van der Waals surface area contributed by atoms with E-state index in [4.69, 9.17) is 5.73 Å². The first-order valence-corrected chi connectivity index (χ1v) is 12.1. The summed E-state index contributed by atoms with van der Waals surface area (Å²) in [6.45, 7) is 2.06. The fourth-order valence-electron chi connectivity index (χ4n) is 4.76. The molecule has 4 aromatic rings. The molecule has 5 rings (SSSR count).